The number of nitrogens with one attached hydrogen (secondary N) is 1. The highest BCUT2D eigenvalue weighted by Crippen LogP contribution is 2.36. The first-order valence-electron chi connectivity index (χ1n) is 6.81. The molecule has 2 aliphatic rings. The summed E-state index contributed by atoms with van der Waals surface area (Å²) in [5, 5.41) is 6.10. The van der Waals surface area contributed by atoms with Crippen molar-refractivity contribution >= 4 is 22.7 Å². The maximum atomic E-state index is 4.29. The Balaban J connectivity index is 1.67. The molecule has 3 nitrogen and oxygen atoms in total. The van der Waals surface area contributed by atoms with Crippen LogP contribution in [0.1, 0.15) is 5.56 Å². The van der Waals surface area contributed by atoms with Crippen molar-refractivity contribution in [1.82, 2.24) is 14.6 Å². The fourth-order valence-electron chi connectivity index (χ4n) is 3.07. The molecule has 0 bridgehead atoms. The van der Waals surface area contributed by atoms with Gasteiger partial charge in [-0.15, -0.1) is 0 Å². The number of hydrogen-bond donors (Lipinski definition) is 1. The molecule has 1 aromatic heterocycles. The zero-order valence-electron chi connectivity index (χ0n) is 11.0. The maximum absolute atomic E-state index is 4.29. The van der Waals surface area contributed by atoms with E-state index in [2.05, 4.69) is 39.7 Å². The summed E-state index contributed by atoms with van der Waals surface area (Å²) in [7, 11) is 0. The summed E-state index contributed by atoms with van der Waals surface area (Å²) >= 11 is 1.91. The molecule has 19 heavy (non-hydrogen) atoms. The van der Waals surface area contributed by atoms with E-state index in [9.17, 15) is 0 Å². The van der Waals surface area contributed by atoms with E-state index >= 15 is 0 Å². The molecular weight excluding hydrogens is 254 g/mol. The third kappa shape index (κ3) is 1.95. The normalized spacial score (nSPS) is 26.4. The van der Waals surface area contributed by atoms with Crippen LogP contribution in [0.2, 0.25) is 0 Å². The Hall–Kier alpha value is -1.10. The first kappa shape index (κ1) is 11.7. The van der Waals surface area contributed by atoms with Gasteiger partial charge < -0.3 is 5.32 Å². The summed E-state index contributed by atoms with van der Waals surface area (Å²) in [6, 6.07) is 7.24. The second-order valence-electron chi connectivity index (χ2n) is 5.52. The first-order chi connectivity index (χ1) is 9.31. The summed E-state index contributed by atoms with van der Waals surface area (Å²) in [5.41, 5.74) is 1.26. The summed E-state index contributed by atoms with van der Waals surface area (Å²) in [6.07, 6.45) is 3.92. The summed E-state index contributed by atoms with van der Waals surface area (Å²) < 4.78 is 2.50. The number of benzene rings is 1. The molecule has 0 aliphatic carbocycles. The summed E-state index contributed by atoms with van der Waals surface area (Å²) in [5.74, 6) is 0.866. The molecule has 2 unspecified atom stereocenters. The van der Waals surface area contributed by atoms with Crippen LogP contribution in [0.15, 0.2) is 35.5 Å². The minimum atomic E-state index is 0.727. The molecule has 0 spiro atoms. The molecule has 2 fully saturated rings. The second-order valence-corrected chi connectivity index (χ2v) is 6.66. The Morgan fingerprint density at radius 1 is 1.32 bits per heavy atom. The predicted molar refractivity (Wildman–Crippen MR) is 79.2 cm³/mol. The number of aryl methyl sites for hydroxylation is 1. The largest absolute Gasteiger partial charge is 0.312 e. The Morgan fingerprint density at radius 2 is 2.26 bits per heavy atom. The van der Waals surface area contributed by atoms with Crippen LogP contribution in [0.4, 0.5) is 0 Å². The smallest absolute Gasteiger partial charge is 0.0346 e. The molecule has 2 aromatic rings. The lowest BCUT2D eigenvalue weighted by Crippen LogP contribution is -2.51. The van der Waals surface area contributed by atoms with Gasteiger partial charge >= 0.3 is 0 Å². The van der Waals surface area contributed by atoms with Crippen LogP contribution in [-0.2, 0) is 0 Å². The standard InChI is InChI=1S/C15H17N3S/c1-10-5-16-6-11-3-2-4-14(15(10)11)19-18-8-12-7-17-13(12)9-18/h2-6,12-13,17H,7-9H2,1H3. The third-order valence-electron chi connectivity index (χ3n) is 4.21. The molecule has 0 amide bonds. The first-order valence-corrected chi connectivity index (χ1v) is 7.58. The number of nitrogens with zero attached hydrogens (tertiary/aromatic N) is 2. The van der Waals surface area contributed by atoms with Crippen LogP contribution >= 0.6 is 11.9 Å². The van der Waals surface area contributed by atoms with E-state index < -0.39 is 0 Å². The molecule has 0 radical (unpaired) electrons. The van der Waals surface area contributed by atoms with E-state index in [1.54, 1.807) is 0 Å². The van der Waals surface area contributed by atoms with Crippen molar-refractivity contribution < 1.29 is 0 Å². The van der Waals surface area contributed by atoms with Crippen LogP contribution in [0.25, 0.3) is 10.8 Å². The van der Waals surface area contributed by atoms with E-state index in [4.69, 9.17) is 0 Å². The van der Waals surface area contributed by atoms with Crippen molar-refractivity contribution in [2.45, 2.75) is 17.9 Å². The second kappa shape index (κ2) is 4.47. The fraction of sp³-hybridized carbons (Fsp3) is 0.400. The maximum Gasteiger partial charge on any atom is 0.0346 e. The molecule has 2 saturated heterocycles. The van der Waals surface area contributed by atoms with Crippen molar-refractivity contribution in [2.75, 3.05) is 19.6 Å². The highest BCUT2D eigenvalue weighted by Gasteiger charge is 2.39. The Labute approximate surface area is 117 Å². The number of hydrogen-bond acceptors (Lipinski definition) is 4. The number of fused-ring (bicyclic) bond motifs is 2. The van der Waals surface area contributed by atoms with E-state index in [1.165, 1.54) is 34.3 Å². The van der Waals surface area contributed by atoms with Gasteiger partial charge in [0.05, 0.1) is 0 Å². The van der Waals surface area contributed by atoms with E-state index in [0.29, 0.717) is 0 Å². The molecule has 2 atom stereocenters. The van der Waals surface area contributed by atoms with Crippen molar-refractivity contribution in [3.63, 3.8) is 0 Å². The zero-order chi connectivity index (χ0) is 12.8. The van der Waals surface area contributed by atoms with Gasteiger partial charge in [-0.05, 0) is 30.5 Å². The van der Waals surface area contributed by atoms with Gasteiger partial charge in [-0.25, -0.2) is 4.31 Å². The molecule has 98 valence electrons. The van der Waals surface area contributed by atoms with Gasteiger partial charge in [0.25, 0.3) is 0 Å². The molecular formula is C15H17N3S. The molecule has 4 rings (SSSR count). The predicted octanol–water partition coefficient (Wildman–Crippen LogP) is 2.45. The van der Waals surface area contributed by atoms with Crippen LogP contribution in [-0.4, -0.2) is 35.0 Å². The molecule has 0 saturated carbocycles. The number of aromatic nitrogens is 1. The average Bonchev–Trinajstić information content (AvgIpc) is 2.66. The van der Waals surface area contributed by atoms with Crippen LogP contribution < -0.4 is 5.32 Å². The molecule has 4 heteroatoms. The minimum absolute atomic E-state index is 0.727. The average molecular weight is 271 g/mol. The number of rotatable bonds is 2. The monoisotopic (exact) mass is 271 g/mol. The van der Waals surface area contributed by atoms with E-state index in [0.717, 1.165) is 18.5 Å². The van der Waals surface area contributed by atoms with Gasteiger partial charge in [-0.2, -0.15) is 0 Å². The van der Waals surface area contributed by atoms with Crippen molar-refractivity contribution in [2.24, 2.45) is 5.92 Å². The van der Waals surface area contributed by atoms with Gasteiger partial charge in [-0.3, -0.25) is 4.98 Å². The van der Waals surface area contributed by atoms with Gasteiger partial charge in [0.15, 0.2) is 0 Å². The van der Waals surface area contributed by atoms with Gasteiger partial charge in [0.1, 0.15) is 0 Å². The summed E-state index contributed by atoms with van der Waals surface area (Å²) in [6.45, 7) is 5.72. The molecule has 3 heterocycles. The van der Waals surface area contributed by atoms with Crippen molar-refractivity contribution in [3.05, 3.63) is 36.2 Å². The molecule has 1 N–H and O–H groups in total. The van der Waals surface area contributed by atoms with Crippen molar-refractivity contribution in [3.8, 4) is 0 Å². The Morgan fingerprint density at radius 3 is 3.00 bits per heavy atom. The SMILES string of the molecule is Cc1cncc2cccc(SN3CC4CNC4C3)c12. The lowest BCUT2D eigenvalue weighted by Gasteiger charge is -2.30. The molecule has 2 aliphatic heterocycles. The quantitative estimate of drug-likeness (QED) is 0.849. The van der Waals surface area contributed by atoms with Gasteiger partial charge in [-0.1, -0.05) is 12.1 Å². The topological polar surface area (TPSA) is 28.2 Å². The van der Waals surface area contributed by atoms with Crippen LogP contribution in [0.5, 0.6) is 0 Å². The molecule has 1 aromatic carbocycles. The zero-order valence-corrected chi connectivity index (χ0v) is 11.8. The van der Waals surface area contributed by atoms with Gasteiger partial charge in [0, 0.05) is 59.7 Å². The lowest BCUT2D eigenvalue weighted by molar-refractivity contribution is 0.297. The Kier molecular flexibility index (Phi) is 2.76. The van der Waals surface area contributed by atoms with Crippen molar-refractivity contribution in [1.29, 1.82) is 0 Å². The fourth-order valence-corrected chi connectivity index (χ4v) is 4.36. The van der Waals surface area contributed by atoms with E-state index in [1.807, 2.05) is 24.3 Å². The lowest BCUT2D eigenvalue weighted by atomic mass is 9.96. The highest BCUT2D eigenvalue weighted by molar-refractivity contribution is 7.97. The van der Waals surface area contributed by atoms with E-state index in [-0.39, 0.29) is 0 Å². The summed E-state index contributed by atoms with van der Waals surface area (Å²) in [4.78, 5) is 5.65. The third-order valence-corrected chi connectivity index (χ3v) is 5.31. The number of pyridine rings is 1. The van der Waals surface area contributed by atoms with Crippen LogP contribution in [0.3, 0.4) is 0 Å². The van der Waals surface area contributed by atoms with Gasteiger partial charge in [0.2, 0.25) is 0 Å². The van der Waals surface area contributed by atoms with Crippen LogP contribution in [0, 0.1) is 12.8 Å². The minimum Gasteiger partial charge on any atom is -0.312 e. The highest BCUT2D eigenvalue weighted by atomic mass is 32.2. The Bertz CT molecular complexity index is 611.